The van der Waals surface area contributed by atoms with Crippen molar-refractivity contribution >= 4 is 24.0 Å². The summed E-state index contributed by atoms with van der Waals surface area (Å²) in [6.45, 7) is 4.26. The Bertz CT molecular complexity index is 668. The van der Waals surface area contributed by atoms with E-state index in [-0.39, 0.29) is 24.4 Å². The first kappa shape index (κ1) is 19.2. The van der Waals surface area contributed by atoms with Gasteiger partial charge in [-0.05, 0) is 43.3 Å². The van der Waals surface area contributed by atoms with Gasteiger partial charge in [-0.2, -0.15) is 0 Å². The summed E-state index contributed by atoms with van der Waals surface area (Å²) in [6, 6.07) is 15.2. The summed E-state index contributed by atoms with van der Waals surface area (Å²) in [5, 5.41) is 6.10. The third-order valence-electron chi connectivity index (χ3n) is 3.81. The van der Waals surface area contributed by atoms with Crippen molar-refractivity contribution in [3.63, 3.8) is 0 Å². The molecule has 3 rings (SSSR count). The van der Waals surface area contributed by atoms with Gasteiger partial charge in [0.25, 0.3) is 0 Å². The van der Waals surface area contributed by atoms with E-state index >= 15 is 0 Å². The molecule has 2 N–H and O–H groups in total. The SMILES string of the molecule is Cc1ccc(Oc2ccc(NC(=O)CC3CNCCO3)cc2)cc1.Cl. The van der Waals surface area contributed by atoms with Gasteiger partial charge in [0.2, 0.25) is 5.91 Å². The number of morpholine rings is 1. The first-order chi connectivity index (χ1) is 11.7. The van der Waals surface area contributed by atoms with Crippen molar-refractivity contribution in [3.05, 3.63) is 54.1 Å². The van der Waals surface area contributed by atoms with E-state index in [0.717, 1.165) is 30.3 Å². The molecule has 134 valence electrons. The lowest BCUT2D eigenvalue weighted by Gasteiger charge is -2.23. The van der Waals surface area contributed by atoms with Crippen LogP contribution in [-0.4, -0.2) is 31.7 Å². The zero-order chi connectivity index (χ0) is 16.8. The van der Waals surface area contributed by atoms with Gasteiger partial charge in [0, 0.05) is 18.8 Å². The number of nitrogens with one attached hydrogen (secondary N) is 2. The van der Waals surface area contributed by atoms with Crippen LogP contribution < -0.4 is 15.4 Å². The number of anilines is 1. The van der Waals surface area contributed by atoms with Gasteiger partial charge in [0.05, 0.1) is 19.1 Å². The monoisotopic (exact) mass is 362 g/mol. The van der Waals surface area contributed by atoms with E-state index in [1.807, 2.05) is 55.5 Å². The molecule has 1 unspecified atom stereocenters. The molecular formula is C19H23ClN2O3. The Balaban J connectivity index is 0.00000225. The Morgan fingerprint density at radius 1 is 1.16 bits per heavy atom. The summed E-state index contributed by atoms with van der Waals surface area (Å²) >= 11 is 0. The highest BCUT2D eigenvalue weighted by atomic mass is 35.5. The van der Waals surface area contributed by atoms with Crippen molar-refractivity contribution in [2.24, 2.45) is 0 Å². The molecule has 2 aromatic carbocycles. The molecule has 1 aliphatic rings. The fourth-order valence-corrected chi connectivity index (χ4v) is 2.52. The molecule has 0 spiro atoms. The summed E-state index contributed by atoms with van der Waals surface area (Å²) in [4.78, 5) is 12.0. The topological polar surface area (TPSA) is 59.6 Å². The molecule has 1 amide bonds. The van der Waals surface area contributed by atoms with E-state index in [1.54, 1.807) is 0 Å². The van der Waals surface area contributed by atoms with Crippen LogP contribution in [0, 0.1) is 6.92 Å². The Labute approximate surface area is 154 Å². The second-order valence-corrected chi connectivity index (χ2v) is 5.89. The van der Waals surface area contributed by atoms with Crippen LogP contribution in [0.3, 0.4) is 0 Å². The first-order valence-corrected chi connectivity index (χ1v) is 8.16. The Morgan fingerprint density at radius 3 is 2.40 bits per heavy atom. The average Bonchev–Trinajstić information content (AvgIpc) is 2.59. The predicted molar refractivity (Wildman–Crippen MR) is 101 cm³/mol. The van der Waals surface area contributed by atoms with Crippen molar-refractivity contribution in [2.45, 2.75) is 19.4 Å². The van der Waals surface area contributed by atoms with Crippen molar-refractivity contribution in [1.29, 1.82) is 0 Å². The highest BCUT2D eigenvalue weighted by Crippen LogP contribution is 2.23. The zero-order valence-corrected chi connectivity index (χ0v) is 15.0. The van der Waals surface area contributed by atoms with Crippen LogP contribution in [0.5, 0.6) is 11.5 Å². The molecule has 6 heteroatoms. The molecule has 1 aliphatic heterocycles. The van der Waals surface area contributed by atoms with Crippen LogP contribution in [0.15, 0.2) is 48.5 Å². The summed E-state index contributed by atoms with van der Waals surface area (Å²) in [7, 11) is 0. The molecule has 2 aromatic rings. The van der Waals surface area contributed by atoms with Gasteiger partial charge in [0.15, 0.2) is 0 Å². The number of ether oxygens (including phenoxy) is 2. The van der Waals surface area contributed by atoms with Crippen molar-refractivity contribution in [1.82, 2.24) is 5.32 Å². The van der Waals surface area contributed by atoms with Crippen LogP contribution in [0.2, 0.25) is 0 Å². The lowest BCUT2D eigenvalue weighted by Crippen LogP contribution is -2.40. The van der Waals surface area contributed by atoms with Crippen molar-refractivity contribution in [3.8, 4) is 11.5 Å². The third kappa shape index (κ3) is 6.05. The van der Waals surface area contributed by atoms with E-state index in [1.165, 1.54) is 5.56 Å². The number of rotatable bonds is 5. The number of halogens is 1. The molecule has 0 aliphatic carbocycles. The van der Waals surface area contributed by atoms with E-state index < -0.39 is 0 Å². The maximum absolute atomic E-state index is 12.0. The number of aryl methyl sites for hydroxylation is 1. The van der Waals surface area contributed by atoms with Crippen molar-refractivity contribution < 1.29 is 14.3 Å². The highest BCUT2D eigenvalue weighted by Gasteiger charge is 2.17. The number of hydrogen-bond acceptors (Lipinski definition) is 4. The summed E-state index contributed by atoms with van der Waals surface area (Å²) < 4.78 is 11.3. The molecule has 0 aromatic heterocycles. The van der Waals surface area contributed by atoms with Crippen LogP contribution in [0.25, 0.3) is 0 Å². The Kier molecular flexibility index (Phi) is 7.25. The van der Waals surface area contributed by atoms with Crippen LogP contribution in [-0.2, 0) is 9.53 Å². The largest absolute Gasteiger partial charge is 0.457 e. The highest BCUT2D eigenvalue weighted by molar-refractivity contribution is 5.91. The number of carbonyl (C=O) groups is 1. The Hall–Kier alpha value is -2.08. The minimum Gasteiger partial charge on any atom is -0.457 e. The predicted octanol–water partition coefficient (Wildman–Crippen LogP) is 3.53. The number of amides is 1. The first-order valence-electron chi connectivity index (χ1n) is 8.16. The minimum atomic E-state index is -0.0529. The summed E-state index contributed by atoms with van der Waals surface area (Å²) in [5.74, 6) is 1.48. The third-order valence-corrected chi connectivity index (χ3v) is 3.81. The van der Waals surface area contributed by atoms with Crippen LogP contribution in [0.4, 0.5) is 5.69 Å². The van der Waals surface area contributed by atoms with E-state index in [0.29, 0.717) is 13.0 Å². The molecular weight excluding hydrogens is 340 g/mol. The fourth-order valence-electron chi connectivity index (χ4n) is 2.52. The number of benzene rings is 2. The molecule has 25 heavy (non-hydrogen) atoms. The molecule has 1 heterocycles. The van der Waals surface area contributed by atoms with Crippen LogP contribution >= 0.6 is 12.4 Å². The maximum atomic E-state index is 12.0. The van der Waals surface area contributed by atoms with Crippen molar-refractivity contribution in [2.75, 3.05) is 25.0 Å². The number of hydrogen-bond donors (Lipinski definition) is 2. The van der Waals surface area contributed by atoms with Gasteiger partial charge in [-0.15, -0.1) is 12.4 Å². The standard InChI is InChI=1S/C19H22N2O3.ClH/c1-14-2-6-16(7-3-14)24-17-8-4-15(5-9-17)21-19(22)12-18-13-20-10-11-23-18;/h2-9,18,20H,10-13H2,1H3,(H,21,22);1H. The average molecular weight is 363 g/mol. The van der Waals surface area contributed by atoms with E-state index in [4.69, 9.17) is 9.47 Å². The zero-order valence-electron chi connectivity index (χ0n) is 14.2. The van der Waals surface area contributed by atoms with E-state index in [2.05, 4.69) is 10.6 Å². The van der Waals surface area contributed by atoms with Gasteiger partial charge in [0.1, 0.15) is 11.5 Å². The maximum Gasteiger partial charge on any atom is 0.227 e. The smallest absolute Gasteiger partial charge is 0.227 e. The molecule has 0 bridgehead atoms. The Morgan fingerprint density at radius 2 is 1.80 bits per heavy atom. The summed E-state index contributed by atoms with van der Waals surface area (Å²) in [6.07, 6.45) is 0.303. The molecule has 0 saturated carbocycles. The van der Waals surface area contributed by atoms with Crippen LogP contribution in [0.1, 0.15) is 12.0 Å². The molecule has 1 saturated heterocycles. The second kappa shape index (κ2) is 9.42. The van der Waals surface area contributed by atoms with Gasteiger partial charge < -0.3 is 20.1 Å². The molecule has 1 fully saturated rings. The lowest BCUT2D eigenvalue weighted by atomic mass is 10.2. The normalized spacial score (nSPS) is 16.6. The molecule has 1 atom stereocenters. The number of carbonyl (C=O) groups excluding carboxylic acids is 1. The van der Waals surface area contributed by atoms with E-state index in [9.17, 15) is 4.79 Å². The van der Waals surface area contributed by atoms with Gasteiger partial charge in [-0.1, -0.05) is 17.7 Å². The van der Waals surface area contributed by atoms with Gasteiger partial charge in [-0.25, -0.2) is 0 Å². The van der Waals surface area contributed by atoms with Gasteiger partial charge >= 0.3 is 0 Å². The fraction of sp³-hybridized carbons (Fsp3) is 0.316. The lowest BCUT2D eigenvalue weighted by molar-refractivity contribution is -0.119. The second-order valence-electron chi connectivity index (χ2n) is 5.89. The molecule has 0 radical (unpaired) electrons. The van der Waals surface area contributed by atoms with Gasteiger partial charge in [-0.3, -0.25) is 4.79 Å². The summed E-state index contributed by atoms with van der Waals surface area (Å²) in [5.41, 5.74) is 1.94. The quantitative estimate of drug-likeness (QED) is 0.854. The minimum absolute atomic E-state index is 0. The molecule has 5 nitrogen and oxygen atoms in total.